The van der Waals surface area contributed by atoms with Gasteiger partial charge in [0.2, 0.25) is 0 Å². The van der Waals surface area contributed by atoms with E-state index in [1.165, 1.54) is 25.7 Å². The summed E-state index contributed by atoms with van der Waals surface area (Å²) in [7, 11) is 0. The SMILES string of the molecule is c1ccc2cc(-c3nc(-c4cccc5c4oc4ccccc45)nc(-c4cccc5oc6cc(-c7cccc8sc9ccccc9c78)ccc6c45)n3)ccc2c1. The van der Waals surface area contributed by atoms with Crippen LogP contribution in [0.3, 0.4) is 0 Å². The maximum atomic E-state index is 6.64. The normalized spacial score (nSPS) is 12.0. The Morgan fingerprint density at radius 3 is 1.98 bits per heavy atom. The van der Waals surface area contributed by atoms with Gasteiger partial charge in [0.15, 0.2) is 17.5 Å². The molecule has 256 valence electrons. The summed E-state index contributed by atoms with van der Waals surface area (Å²) in [5, 5.41) is 8.87. The van der Waals surface area contributed by atoms with Gasteiger partial charge < -0.3 is 8.83 Å². The van der Waals surface area contributed by atoms with Crippen molar-refractivity contribution < 1.29 is 8.83 Å². The van der Waals surface area contributed by atoms with Crippen LogP contribution in [-0.4, -0.2) is 15.0 Å². The molecule has 0 bridgehead atoms. The van der Waals surface area contributed by atoms with Crippen molar-refractivity contribution in [2.75, 3.05) is 0 Å². The number of thiophene rings is 1. The van der Waals surface area contributed by atoms with Crippen LogP contribution in [0.5, 0.6) is 0 Å². The lowest BCUT2D eigenvalue weighted by Gasteiger charge is -2.10. The number of furan rings is 2. The lowest BCUT2D eigenvalue weighted by molar-refractivity contribution is 0.668. The Morgan fingerprint density at radius 2 is 1.04 bits per heavy atom. The molecule has 8 aromatic carbocycles. The van der Waals surface area contributed by atoms with E-state index in [-0.39, 0.29) is 0 Å². The highest BCUT2D eigenvalue weighted by molar-refractivity contribution is 7.25. The van der Waals surface area contributed by atoms with Crippen LogP contribution >= 0.6 is 11.3 Å². The fourth-order valence-corrected chi connectivity index (χ4v) is 9.32. The number of para-hydroxylation sites is 2. The summed E-state index contributed by atoms with van der Waals surface area (Å²) in [5.74, 6) is 1.69. The Hall–Kier alpha value is -7.15. The van der Waals surface area contributed by atoms with Crippen molar-refractivity contribution in [3.8, 4) is 45.3 Å². The van der Waals surface area contributed by atoms with Crippen LogP contribution in [-0.2, 0) is 0 Å². The van der Waals surface area contributed by atoms with E-state index in [0.29, 0.717) is 17.5 Å². The average molecular weight is 722 g/mol. The molecule has 0 N–H and O–H groups in total. The van der Waals surface area contributed by atoms with E-state index in [1.807, 2.05) is 53.8 Å². The molecule has 12 aromatic rings. The van der Waals surface area contributed by atoms with Crippen LogP contribution in [0.4, 0.5) is 0 Å². The molecule has 0 aliphatic heterocycles. The Morgan fingerprint density at radius 1 is 0.364 bits per heavy atom. The minimum Gasteiger partial charge on any atom is -0.456 e. The van der Waals surface area contributed by atoms with E-state index in [1.54, 1.807) is 0 Å². The first-order valence-corrected chi connectivity index (χ1v) is 19.1. The molecule has 0 saturated heterocycles. The molecular formula is C49H27N3O2S. The summed E-state index contributed by atoms with van der Waals surface area (Å²) in [4.78, 5) is 15.6. The number of hydrogen-bond acceptors (Lipinski definition) is 6. The molecule has 12 rings (SSSR count). The molecule has 0 aliphatic rings. The Balaban J connectivity index is 1.08. The van der Waals surface area contributed by atoms with Crippen LogP contribution in [0, 0.1) is 0 Å². The van der Waals surface area contributed by atoms with Crippen LogP contribution in [0.2, 0.25) is 0 Å². The van der Waals surface area contributed by atoms with E-state index in [0.717, 1.165) is 76.9 Å². The van der Waals surface area contributed by atoms with Gasteiger partial charge in [-0.2, -0.15) is 0 Å². The fourth-order valence-electron chi connectivity index (χ4n) is 8.19. The van der Waals surface area contributed by atoms with E-state index in [2.05, 4.69) is 121 Å². The number of hydrogen-bond donors (Lipinski definition) is 0. The van der Waals surface area contributed by atoms with E-state index in [9.17, 15) is 0 Å². The topological polar surface area (TPSA) is 65.0 Å². The zero-order chi connectivity index (χ0) is 36.0. The molecule has 4 heterocycles. The zero-order valence-electron chi connectivity index (χ0n) is 29.2. The second-order valence-corrected chi connectivity index (χ2v) is 15.0. The zero-order valence-corrected chi connectivity index (χ0v) is 30.0. The third kappa shape index (κ3) is 4.68. The monoisotopic (exact) mass is 721 g/mol. The number of rotatable bonds is 4. The molecule has 0 atom stereocenters. The molecule has 0 fully saturated rings. The number of fused-ring (bicyclic) bond motifs is 10. The summed E-state index contributed by atoms with van der Waals surface area (Å²) >= 11 is 1.83. The smallest absolute Gasteiger partial charge is 0.167 e. The van der Waals surface area contributed by atoms with Gasteiger partial charge in [-0.1, -0.05) is 115 Å². The molecule has 0 radical (unpaired) electrons. The maximum absolute atomic E-state index is 6.64. The first kappa shape index (κ1) is 30.3. The van der Waals surface area contributed by atoms with Crippen molar-refractivity contribution >= 4 is 86.2 Å². The summed E-state index contributed by atoms with van der Waals surface area (Å²) in [6, 6.07) is 56.8. The summed E-state index contributed by atoms with van der Waals surface area (Å²) in [6.45, 7) is 0. The average Bonchev–Trinajstić information content (AvgIpc) is 3.94. The lowest BCUT2D eigenvalue weighted by Crippen LogP contribution is -2.00. The molecule has 5 nitrogen and oxygen atoms in total. The minimum atomic E-state index is 0.543. The Labute approximate surface area is 317 Å². The quantitative estimate of drug-likeness (QED) is 0.181. The van der Waals surface area contributed by atoms with Crippen molar-refractivity contribution in [3.63, 3.8) is 0 Å². The van der Waals surface area contributed by atoms with E-state index >= 15 is 0 Å². The van der Waals surface area contributed by atoms with Gasteiger partial charge in [0, 0.05) is 52.8 Å². The maximum Gasteiger partial charge on any atom is 0.167 e. The third-order valence-electron chi connectivity index (χ3n) is 10.7. The fraction of sp³-hybridized carbons (Fsp3) is 0. The Kier molecular flexibility index (Phi) is 6.44. The van der Waals surface area contributed by atoms with Gasteiger partial charge in [0.25, 0.3) is 0 Å². The van der Waals surface area contributed by atoms with Crippen molar-refractivity contribution in [3.05, 3.63) is 164 Å². The van der Waals surface area contributed by atoms with Gasteiger partial charge in [-0.25, -0.2) is 15.0 Å². The Bertz CT molecular complexity index is 3520. The van der Waals surface area contributed by atoms with Crippen molar-refractivity contribution in [1.82, 2.24) is 15.0 Å². The molecule has 0 saturated carbocycles. The van der Waals surface area contributed by atoms with E-state index < -0.39 is 0 Å². The van der Waals surface area contributed by atoms with E-state index in [4.69, 9.17) is 23.8 Å². The first-order chi connectivity index (χ1) is 27.2. The first-order valence-electron chi connectivity index (χ1n) is 18.3. The third-order valence-corrected chi connectivity index (χ3v) is 11.9. The van der Waals surface area contributed by atoms with Crippen LogP contribution in [0.15, 0.2) is 173 Å². The minimum absolute atomic E-state index is 0.543. The highest BCUT2D eigenvalue weighted by Crippen LogP contribution is 2.43. The molecule has 4 aromatic heterocycles. The predicted octanol–water partition coefficient (Wildman–Crippen LogP) is 13.9. The molecule has 55 heavy (non-hydrogen) atoms. The number of nitrogens with zero attached hydrogens (tertiary/aromatic N) is 3. The van der Waals surface area contributed by atoms with Crippen LogP contribution < -0.4 is 0 Å². The lowest BCUT2D eigenvalue weighted by atomic mass is 9.98. The highest BCUT2D eigenvalue weighted by atomic mass is 32.1. The second kappa shape index (κ2) is 11.7. The van der Waals surface area contributed by atoms with Gasteiger partial charge in [-0.15, -0.1) is 11.3 Å². The molecule has 6 heteroatoms. The highest BCUT2D eigenvalue weighted by Gasteiger charge is 2.21. The second-order valence-electron chi connectivity index (χ2n) is 13.9. The van der Waals surface area contributed by atoms with Crippen LogP contribution in [0.1, 0.15) is 0 Å². The molecular weight excluding hydrogens is 695 g/mol. The summed E-state index contributed by atoms with van der Waals surface area (Å²) < 4.78 is 15.7. The molecule has 0 aliphatic carbocycles. The van der Waals surface area contributed by atoms with Crippen LogP contribution in [0.25, 0.3) is 120 Å². The van der Waals surface area contributed by atoms with Gasteiger partial charge in [-0.3, -0.25) is 0 Å². The number of benzene rings is 8. The van der Waals surface area contributed by atoms with Gasteiger partial charge in [0.1, 0.15) is 22.3 Å². The number of aromatic nitrogens is 3. The summed E-state index contributed by atoms with van der Waals surface area (Å²) in [6.07, 6.45) is 0. The van der Waals surface area contributed by atoms with Crippen molar-refractivity contribution in [2.45, 2.75) is 0 Å². The molecule has 0 spiro atoms. The van der Waals surface area contributed by atoms with Gasteiger partial charge >= 0.3 is 0 Å². The largest absolute Gasteiger partial charge is 0.456 e. The molecule has 0 unspecified atom stereocenters. The predicted molar refractivity (Wildman–Crippen MR) is 227 cm³/mol. The van der Waals surface area contributed by atoms with Gasteiger partial charge in [0.05, 0.1) is 5.56 Å². The molecule has 0 amide bonds. The van der Waals surface area contributed by atoms with Crippen molar-refractivity contribution in [1.29, 1.82) is 0 Å². The summed E-state index contributed by atoms with van der Waals surface area (Å²) in [5.41, 5.74) is 8.06. The standard InChI is InChI=1S/C49H27N3O2S/c1-2-11-29-26-31(23-22-28(29)10-1)47-50-48(52-49(51-47)38-17-7-15-34-33-12-3-5-18-39(33)54-46(34)38)37-16-8-19-40-44(37)35-25-24-30(27-41(35)53-40)32-14-9-21-43-45(32)36-13-4-6-20-42(36)55-43/h1-27H. The van der Waals surface area contributed by atoms with Crippen molar-refractivity contribution in [2.24, 2.45) is 0 Å². The van der Waals surface area contributed by atoms with Gasteiger partial charge in [-0.05, 0) is 70.4 Å².